The topological polar surface area (TPSA) is 80.3 Å². The molecule has 0 aromatic heterocycles. The number of esters is 1. The van der Waals surface area contributed by atoms with Crippen molar-refractivity contribution in [3.63, 3.8) is 0 Å². The summed E-state index contributed by atoms with van der Waals surface area (Å²) in [5, 5.41) is 0. The summed E-state index contributed by atoms with van der Waals surface area (Å²) in [5.41, 5.74) is 0.436. The maximum Gasteiger partial charge on any atom is 0.508 e. The minimum absolute atomic E-state index is 0.0947. The Labute approximate surface area is 146 Å². The van der Waals surface area contributed by atoms with Crippen LogP contribution in [0.5, 0.6) is 5.75 Å². The second kappa shape index (κ2) is 12.6. The molecule has 0 amide bonds. The number of carbonyl (C=O) groups excluding carboxylic acids is 2. The summed E-state index contributed by atoms with van der Waals surface area (Å²) >= 11 is 0. The van der Waals surface area contributed by atoms with E-state index < -0.39 is 12.1 Å². The molecule has 7 heteroatoms. The van der Waals surface area contributed by atoms with Crippen molar-refractivity contribution in [2.75, 3.05) is 39.6 Å². The van der Waals surface area contributed by atoms with Gasteiger partial charge in [-0.05, 0) is 24.3 Å². The van der Waals surface area contributed by atoms with E-state index in [0.29, 0.717) is 24.5 Å². The molecule has 1 aromatic rings. The summed E-state index contributed by atoms with van der Waals surface area (Å²) in [7, 11) is 0. The second-order valence-corrected chi connectivity index (χ2v) is 4.57. The summed E-state index contributed by atoms with van der Waals surface area (Å²) in [6.07, 6.45) is 2.20. The molecular formula is C18H22O7. The predicted octanol–water partition coefficient (Wildman–Crippen LogP) is 2.76. The lowest BCUT2D eigenvalue weighted by Gasteiger charge is -2.08. The average molecular weight is 350 g/mol. The second-order valence-electron chi connectivity index (χ2n) is 4.57. The third kappa shape index (κ3) is 9.17. The first-order valence-corrected chi connectivity index (χ1v) is 7.66. The van der Waals surface area contributed by atoms with Gasteiger partial charge >= 0.3 is 12.1 Å². The van der Waals surface area contributed by atoms with Gasteiger partial charge in [0.1, 0.15) is 32.2 Å². The zero-order valence-electron chi connectivity index (χ0n) is 14.0. The molecule has 0 unspecified atom stereocenters. The van der Waals surface area contributed by atoms with Crippen molar-refractivity contribution in [2.45, 2.75) is 0 Å². The van der Waals surface area contributed by atoms with Crippen molar-refractivity contribution in [3.05, 3.63) is 55.1 Å². The van der Waals surface area contributed by atoms with E-state index in [1.807, 2.05) is 0 Å². The SMILES string of the molecule is C=CCOC(=O)OCCOCCOc1ccc(C(=O)OCC=C)cc1. The molecule has 1 rings (SSSR count). The first kappa shape index (κ1) is 20.2. The summed E-state index contributed by atoms with van der Waals surface area (Å²) in [5.74, 6) is 0.189. The van der Waals surface area contributed by atoms with Crippen LogP contribution < -0.4 is 4.74 Å². The number of rotatable bonds is 12. The van der Waals surface area contributed by atoms with Crippen molar-refractivity contribution < 1.29 is 33.3 Å². The third-order valence-corrected chi connectivity index (χ3v) is 2.69. The summed E-state index contributed by atoms with van der Waals surface area (Å²) in [6.45, 7) is 8.15. The molecule has 25 heavy (non-hydrogen) atoms. The maximum atomic E-state index is 11.6. The maximum absolute atomic E-state index is 11.6. The molecule has 0 saturated carbocycles. The van der Waals surface area contributed by atoms with Crippen molar-refractivity contribution in [1.29, 1.82) is 0 Å². The van der Waals surface area contributed by atoms with Crippen LogP contribution in [0.3, 0.4) is 0 Å². The molecule has 0 radical (unpaired) electrons. The highest BCUT2D eigenvalue weighted by Gasteiger charge is 2.06. The van der Waals surface area contributed by atoms with Gasteiger partial charge in [-0.15, -0.1) is 0 Å². The van der Waals surface area contributed by atoms with Gasteiger partial charge in [-0.25, -0.2) is 9.59 Å². The Morgan fingerprint density at radius 3 is 2.16 bits per heavy atom. The molecule has 7 nitrogen and oxygen atoms in total. The number of hydrogen-bond donors (Lipinski definition) is 0. The van der Waals surface area contributed by atoms with Gasteiger partial charge in [0.05, 0.1) is 18.8 Å². The highest BCUT2D eigenvalue weighted by molar-refractivity contribution is 5.89. The zero-order valence-corrected chi connectivity index (χ0v) is 14.0. The molecule has 0 N–H and O–H groups in total. The monoisotopic (exact) mass is 350 g/mol. The van der Waals surface area contributed by atoms with Crippen LogP contribution in [0.2, 0.25) is 0 Å². The smallest absolute Gasteiger partial charge is 0.491 e. The normalized spacial score (nSPS) is 9.76. The fourth-order valence-corrected chi connectivity index (χ4v) is 1.58. The molecule has 0 atom stereocenters. The van der Waals surface area contributed by atoms with Crippen molar-refractivity contribution >= 4 is 12.1 Å². The molecule has 136 valence electrons. The van der Waals surface area contributed by atoms with E-state index in [9.17, 15) is 9.59 Å². The van der Waals surface area contributed by atoms with E-state index in [1.54, 1.807) is 24.3 Å². The van der Waals surface area contributed by atoms with Crippen LogP contribution in [-0.2, 0) is 18.9 Å². The highest BCUT2D eigenvalue weighted by atomic mass is 16.7. The molecule has 1 aromatic carbocycles. The van der Waals surface area contributed by atoms with Gasteiger partial charge < -0.3 is 23.7 Å². The fraction of sp³-hybridized carbons (Fsp3) is 0.333. The van der Waals surface area contributed by atoms with Gasteiger partial charge in [0.25, 0.3) is 0 Å². The Kier molecular flexibility index (Phi) is 10.2. The molecule has 0 heterocycles. The Morgan fingerprint density at radius 1 is 0.840 bits per heavy atom. The minimum Gasteiger partial charge on any atom is -0.491 e. The lowest BCUT2D eigenvalue weighted by molar-refractivity contribution is 0.0260. The van der Waals surface area contributed by atoms with E-state index in [0.717, 1.165) is 0 Å². The van der Waals surface area contributed by atoms with Crippen molar-refractivity contribution in [1.82, 2.24) is 0 Å². The summed E-state index contributed by atoms with van der Waals surface area (Å²) < 4.78 is 25.0. The average Bonchev–Trinajstić information content (AvgIpc) is 2.64. The first-order valence-electron chi connectivity index (χ1n) is 7.66. The van der Waals surface area contributed by atoms with E-state index in [-0.39, 0.29) is 26.4 Å². The highest BCUT2D eigenvalue weighted by Crippen LogP contribution is 2.12. The van der Waals surface area contributed by atoms with Gasteiger partial charge in [-0.2, -0.15) is 0 Å². The molecule has 0 fully saturated rings. The van der Waals surface area contributed by atoms with Crippen molar-refractivity contribution in [3.8, 4) is 5.75 Å². The molecule has 0 saturated heterocycles. The van der Waals surface area contributed by atoms with E-state index in [2.05, 4.69) is 17.9 Å². The molecule has 0 spiro atoms. The fourth-order valence-electron chi connectivity index (χ4n) is 1.58. The first-order chi connectivity index (χ1) is 12.2. The summed E-state index contributed by atoms with van der Waals surface area (Å²) in [6, 6.07) is 6.57. The lowest BCUT2D eigenvalue weighted by Crippen LogP contribution is -2.14. The Balaban J connectivity index is 2.12. The van der Waals surface area contributed by atoms with Gasteiger partial charge in [0, 0.05) is 0 Å². The van der Waals surface area contributed by atoms with Crippen LogP contribution in [0.1, 0.15) is 10.4 Å². The molecule has 0 aliphatic carbocycles. The molecule has 0 aliphatic rings. The van der Waals surface area contributed by atoms with E-state index in [1.165, 1.54) is 12.2 Å². The van der Waals surface area contributed by atoms with Gasteiger partial charge in [0.2, 0.25) is 0 Å². The van der Waals surface area contributed by atoms with Crippen LogP contribution in [0, 0.1) is 0 Å². The minimum atomic E-state index is -0.758. The number of hydrogen-bond acceptors (Lipinski definition) is 7. The predicted molar refractivity (Wildman–Crippen MR) is 90.7 cm³/mol. The Morgan fingerprint density at radius 2 is 1.48 bits per heavy atom. The van der Waals surface area contributed by atoms with E-state index >= 15 is 0 Å². The Hall–Kier alpha value is -2.80. The van der Waals surface area contributed by atoms with E-state index in [4.69, 9.17) is 18.9 Å². The van der Waals surface area contributed by atoms with Gasteiger partial charge in [0.15, 0.2) is 0 Å². The summed E-state index contributed by atoms with van der Waals surface area (Å²) in [4.78, 5) is 22.6. The van der Waals surface area contributed by atoms with Crippen LogP contribution in [0.4, 0.5) is 4.79 Å². The Bertz CT molecular complexity index is 551. The number of carbonyl (C=O) groups is 2. The molecule has 0 bridgehead atoms. The number of benzene rings is 1. The number of ether oxygens (including phenoxy) is 5. The van der Waals surface area contributed by atoms with Gasteiger partial charge in [-0.3, -0.25) is 0 Å². The zero-order chi connectivity index (χ0) is 18.3. The van der Waals surface area contributed by atoms with Crippen LogP contribution in [-0.4, -0.2) is 51.8 Å². The lowest BCUT2D eigenvalue weighted by atomic mass is 10.2. The van der Waals surface area contributed by atoms with Crippen LogP contribution in [0.15, 0.2) is 49.6 Å². The van der Waals surface area contributed by atoms with Crippen LogP contribution in [0.25, 0.3) is 0 Å². The largest absolute Gasteiger partial charge is 0.508 e. The standard InChI is InChI=1S/C18H22O7/c1-3-9-23-17(19)15-5-7-16(8-6-15)22-13-11-21-12-14-25-18(20)24-10-4-2/h3-8H,1-2,9-14H2. The third-order valence-electron chi connectivity index (χ3n) is 2.69. The molecular weight excluding hydrogens is 328 g/mol. The van der Waals surface area contributed by atoms with Crippen molar-refractivity contribution in [2.24, 2.45) is 0 Å². The van der Waals surface area contributed by atoms with Gasteiger partial charge in [-0.1, -0.05) is 25.3 Å². The quantitative estimate of drug-likeness (QED) is 0.326. The molecule has 0 aliphatic heterocycles. The van der Waals surface area contributed by atoms with Crippen LogP contribution >= 0.6 is 0 Å².